The van der Waals surface area contributed by atoms with Crippen molar-refractivity contribution in [1.29, 1.82) is 0 Å². The molecule has 0 aliphatic heterocycles. The average Bonchev–Trinajstić information content (AvgIpc) is 2.80. The van der Waals surface area contributed by atoms with Gasteiger partial charge in [-0.25, -0.2) is 0 Å². The van der Waals surface area contributed by atoms with Gasteiger partial charge in [0.2, 0.25) is 5.89 Å². The summed E-state index contributed by atoms with van der Waals surface area (Å²) in [4.78, 5) is 4.44. The third kappa shape index (κ3) is 2.68. The maximum Gasteiger partial charge on any atom is 0.226 e. The highest BCUT2D eigenvalue weighted by atomic mass is 16.5. The van der Waals surface area contributed by atoms with Gasteiger partial charge in [0.15, 0.2) is 5.82 Å². The highest BCUT2D eigenvalue weighted by molar-refractivity contribution is 5.05. The Morgan fingerprint density at radius 3 is 2.71 bits per heavy atom. The van der Waals surface area contributed by atoms with E-state index < -0.39 is 5.54 Å². The molecule has 17 heavy (non-hydrogen) atoms. The summed E-state index contributed by atoms with van der Waals surface area (Å²) >= 11 is 0. The van der Waals surface area contributed by atoms with Gasteiger partial charge in [0.1, 0.15) is 0 Å². The summed E-state index contributed by atoms with van der Waals surface area (Å²) in [5.74, 6) is 1.89. The summed E-state index contributed by atoms with van der Waals surface area (Å²) in [6, 6.07) is 0. The van der Waals surface area contributed by atoms with Gasteiger partial charge >= 0.3 is 0 Å². The fourth-order valence-electron chi connectivity index (χ4n) is 2.67. The molecule has 1 aromatic heterocycles. The second kappa shape index (κ2) is 5.17. The molecule has 1 aliphatic carbocycles. The molecule has 0 saturated heterocycles. The van der Waals surface area contributed by atoms with Crippen molar-refractivity contribution >= 4 is 0 Å². The van der Waals surface area contributed by atoms with Crippen molar-refractivity contribution in [1.82, 2.24) is 10.1 Å². The first kappa shape index (κ1) is 12.6. The Labute approximate surface area is 103 Å². The molecule has 1 aromatic rings. The Morgan fingerprint density at radius 2 is 2.06 bits per heavy atom. The molecule has 1 atom stereocenters. The normalized spacial score (nSPS) is 21.4. The van der Waals surface area contributed by atoms with Crippen LogP contribution in [0.4, 0.5) is 0 Å². The highest BCUT2D eigenvalue weighted by Crippen LogP contribution is 2.36. The lowest BCUT2D eigenvalue weighted by Crippen LogP contribution is -2.43. The van der Waals surface area contributed by atoms with Crippen LogP contribution in [0.2, 0.25) is 0 Å². The molecule has 2 rings (SSSR count). The second-order valence-electron chi connectivity index (χ2n) is 5.38. The van der Waals surface area contributed by atoms with Crippen LogP contribution in [0.15, 0.2) is 4.52 Å². The third-order valence-electron chi connectivity index (χ3n) is 3.87. The molecule has 96 valence electrons. The van der Waals surface area contributed by atoms with Crippen LogP contribution in [-0.2, 0) is 12.0 Å². The van der Waals surface area contributed by atoms with Gasteiger partial charge in [-0.2, -0.15) is 4.98 Å². The van der Waals surface area contributed by atoms with Crippen molar-refractivity contribution in [3.05, 3.63) is 11.7 Å². The van der Waals surface area contributed by atoms with Gasteiger partial charge in [-0.3, -0.25) is 0 Å². The second-order valence-corrected chi connectivity index (χ2v) is 5.38. The number of hydrogen-bond donors (Lipinski definition) is 1. The molecule has 0 radical (unpaired) electrons. The molecule has 0 aromatic carbocycles. The van der Waals surface area contributed by atoms with E-state index in [1.807, 2.05) is 6.92 Å². The summed E-state index contributed by atoms with van der Waals surface area (Å²) in [6.07, 6.45) is 8.11. The SMILES string of the molecule is CCCc1nc(C(C)(N)C2CCCCC2)no1. The molecule has 1 heterocycles. The molecule has 1 fully saturated rings. The molecule has 4 heteroatoms. The van der Waals surface area contributed by atoms with Crippen LogP contribution in [-0.4, -0.2) is 10.1 Å². The van der Waals surface area contributed by atoms with E-state index >= 15 is 0 Å². The van der Waals surface area contributed by atoms with Gasteiger partial charge < -0.3 is 10.3 Å². The van der Waals surface area contributed by atoms with Crippen molar-refractivity contribution in [2.24, 2.45) is 11.7 Å². The van der Waals surface area contributed by atoms with E-state index in [1.165, 1.54) is 32.1 Å². The lowest BCUT2D eigenvalue weighted by molar-refractivity contribution is 0.209. The van der Waals surface area contributed by atoms with Crippen LogP contribution in [0.25, 0.3) is 0 Å². The summed E-state index contributed by atoms with van der Waals surface area (Å²) in [6.45, 7) is 4.15. The van der Waals surface area contributed by atoms with E-state index in [9.17, 15) is 0 Å². The fourth-order valence-corrected chi connectivity index (χ4v) is 2.67. The molecule has 1 saturated carbocycles. The molecule has 0 amide bonds. The summed E-state index contributed by atoms with van der Waals surface area (Å²) in [5.41, 5.74) is 6.00. The summed E-state index contributed by atoms with van der Waals surface area (Å²) in [5, 5.41) is 4.07. The number of hydrogen-bond acceptors (Lipinski definition) is 4. The molecule has 0 bridgehead atoms. The van der Waals surface area contributed by atoms with E-state index in [1.54, 1.807) is 0 Å². The van der Waals surface area contributed by atoms with Crippen LogP contribution in [0.5, 0.6) is 0 Å². The Bertz CT molecular complexity index is 353. The first-order valence-electron chi connectivity index (χ1n) is 6.76. The number of nitrogens with two attached hydrogens (primary N) is 1. The Kier molecular flexibility index (Phi) is 3.82. The van der Waals surface area contributed by atoms with Crippen molar-refractivity contribution in [3.8, 4) is 0 Å². The van der Waals surface area contributed by atoms with E-state index in [-0.39, 0.29) is 0 Å². The van der Waals surface area contributed by atoms with Crippen molar-refractivity contribution < 1.29 is 4.52 Å². The predicted octanol–water partition coefficient (Wildman–Crippen LogP) is 2.78. The van der Waals surface area contributed by atoms with Crippen LogP contribution in [0.3, 0.4) is 0 Å². The maximum atomic E-state index is 6.44. The monoisotopic (exact) mass is 237 g/mol. The number of aromatic nitrogens is 2. The van der Waals surface area contributed by atoms with Crippen LogP contribution >= 0.6 is 0 Å². The third-order valence-corrected chi connectivity index (χ3v) is 3.87. The van der Waals surface area contributed by atoms with Crippen LogP contribution in [0, 0.1) is 5.92 Å². The molecular formula is C13H23N3O. The molecule has 1 unspecified atom stereocenters. The van der Waals surface area contributed by atoms with Crippen molar-refractivity contribution in [3.63, 3.8) is 0 Å². The van der Waals surface area contributed by atoms with Gasteiger partial charge in [-0.15, -0.1) is 0 Å². The standard InChI is InChI=1S/C13H23N3O/c1-3-7-11-15-12(16-17-11)13(2,14)10-8-5-4-6-9-10/h10H,3-9,14H2,1-2H3. The number of rotatable bonds is 4. The van der Waals surface area contributed by atoms with E-state index in [4.69, 9.17) is 10.3 Å². The van der Waals surface area contributed by atoms with Crippen LogP contribution in [0.1, 0.15) is 64.1 Å². The number of nitrogens with zero attached hydrogens (tertiary/aromatic N) is 2. The Morgan fingerprint density at radius 1 is 1.35 bits per heavy atom. The maximum absolute atomic E-state index is 6.44. The van der Waals surface area contributed by atoms with Crippen molar-refractivity contribution in [2.75, 3.05) is 0 Å². The quantitative estimate of drug-likeness (QED) is 0.874. The molecule has 1 aliphatic rings. The largest absolute Gasteiger partial charge is 0.339 e. The molecule has 0 spiro atoms. The minimum absolute atomic E-state index is 0.435. The topological polar surface area (TPSA) is 64.9 Å². The summed E-state index contributed by atoms with van der Waals surface area (Å²) < 4.78 is 5.24. The van der Waals surface area contributed by atoms with Gasteiger partial charge in [-0.1, -0.05) is 31.3 Å². The van der Waals surface area contributed by atoms with Crippen LogP contribution < -0.4 is 5.73 Å². The zero-order valence-corrected chi connectivity index (χ0v) is 10.9. The minimum atomic E-state index is -0.435. The smallest absolute Gasteiger partial charge is 0.226 e. The van der Waals surface area contributed by atoms with Gasteiger partial charge in [0.25, 0.3) is 0 Å². The van der Waals surface area contributed by atoms with E-state index in [0.717, 1.165) is 18.7 Å². The minimum Gasteiger partial charge on any atom is -0.339 e. The first-order valence-corrected chi connectivity index (χ1v) is 6.76. The van der Waals surface area contributed by atoms with E-state index in [0.29, 0.717) is 11.7 Å². The molecule has 2 N–H and O–H groups in total. The first-order chi connectivity index (χ1) is 8.14. The Balaban J connectivity index is 2.11. The van der Waals surface area contributed by atoms with Gasteiger partial charge in [0.05, 0.1) is 5.54 Å². The summed E-state index contributed by atoms with van der Waals surface area (Å²) in [7, 11) is 0. The predicted molar refractivity (Wildman–Crippen MR) is 66.4 cm³/mol. The lowest BCUT2D eigenvalue weighted by atomic mass is 9.76. The van der Waals surface area contributed by atoms with Gasteiger partial charge in [0, 0.05) is 6.42 Å². The molecule has 4 nitrogen and oxygen atoms in total. The van der Waals surface area contributed by atoms with Crippen molar-refractivity contribution in [2.45, 2.75) is 64.3 Å². The highest BCUT2D eigenvalue weighted by Gasteiger charge is 2.36. The molecular weight excluding hydrogens is 214 g/mol. The average molecular weight is 237 g/mol. The van der Waals surface area contributed by atoms with E-state index in [2.05, 4.69) is 17.1 Å². The van der Waals surface area contributed by atoms with Gasteiger partial charge in [-0.05, 0) is 32.1 Å². The zero-order valence-electron chi connectivity index (χ0n) is 10.9. The fraction of sp³-hybridized carbons (Fsp3) is 0.846. The lowest BCUT2D eigenvalue weighted by Gasteiger charge is -2.34. The Hall–Kier alpha value is -0.900. The zero-order chi connectivity index (χ0) is 12.3. The number of aryl methyl sites for hydroxylation is 1.